The number of aryl methyl sites for hydroxylation is 1. The van der Waals surface area contributed by atoms with Crippen LogP contribution in [0.5, 0.6) is 5.75 Å². The molecule has 16 heavy (non-hydrogen) atoms. The van der Waals surface area contributed by atoms with Crippen LogP contribution in [-0.2, 0) is 6.42 Å². The molecule has 1 rings (SSSR count). The lowest BCUT2D eigenvalue weighted by molar-refractivity contribution is 0.557. The predicted octanol–water partition coefficient (Wildman–Crippen LogP) is 3.99. The van der Waals surface area contributed by atoms with Crippen LogP contribution >= 0.6 is 0 Å². The van der Waals surface area contributed by atoms with E-state index >= 15 is 0 Å². The minimum absolute atomic E-state index is 1.01. The monoisotopic (exact) mass is 235 g/mol. The first-order chi connectivity index (χ1) is 7.42. The summed E-state index contributed by atoms with van der Waals surface area (Å²) < 4.78 is 5.84. The molecule has 2 nitrogen and oxygen atoms in total. The van der Waals surface area contributed by atoms with Gasteiger partial charge in [-0.1, -0.05) is 19.1 Å². The molecule has 0 bridgehead atoms. The van der Waals surface area contributed by atoms with Crippen LogP contribution in [0.4, 0.5) is 0 Å². The van der Waals surface area contributed by atoms with Gasteiger partial charge < -0.3 is 4.43 Å². The van der Waals surface area contributed by atoms with E-state index in [2.05, 4.69) is 50.8 Å². The quantitative estimate of drug-likeness (QED) is 0.742. The standard InChI is InChI=1S/C11H18OSi.C2H3N/c1-5-10-6-8-11(9-7-10)12-13(2,3)4;1-2-3/h6-9H,5H2,1-4H3;1H3. The van der Waals surface area contributed by atoms with E-state index in [0.29, 0.717) is 0 Å². The van der Waals surface area contributed by atoms with Crippen molar-refractivity contribution in [3.05, 3.63) is 29.8 Å². The van der Waals surface area contributed by atoms with E-state index in [0.717, 1.165) is 12.2 Å². The molecule has 0 aliphatic carbocycles. The van der Waals surface area contributed by atoms with Gasteiger partial charge in [0.2, 0.25) is 8.32 Å². The van der Waals surface area contributed by atoms with Crippen LogP contribution in [0.15, 0.2) is 24.3 Å². The third-order valence-corrected chi connectivity index (χ3v) is 2.60. The Labute approximate surface area is 100 Å². The van der Waals surface area contributed by atoms with Crippen molar-refractivity contribution >= 4 is 8.32 Å². The largest absolute Gasteiger partial charge is 0.544 e. The molecule has 0 amide bonds. The minimum atomic E-state index is -1.43. The molecule has 0 N–H and O–H groups in total. The molecule has 0 saturated carbocycles. The van der Waals surface area contributed by atoms with Crippen molar-refractivity contribution in [3.63, 3.8) is 0 Å². The number of hydrogen-bond donors (Lipinski definition) is 0. The Hall–Kier alpha value is -1.27. The molecular formula is C13H21NOSi. The number of benzene rings is 1. The van der Waals surface area contributed by atoms with Gasteiger partial charge in [-0.2, -0.15) is 5.26 Å². The second-order valence-corrected chi connectivity index (χ2v) is 8.86. The summed E-state index contributed by atoms with van der Waals surface area (Å²) >= 11 is 0. The summed E-state index contributed by atoms with van der Waals surface area (Å²) in [5.41, 5.74) is 1.36. The van der Waals surface area contributed by atoms with Crippen molar-refractivity contribution in [2.24, 2.45) is 0 Å². The highest BCUT2D eigenvalue weighted by Gasteiger charge is 2.15. The molecule has 0 unspecified atom stereocenters. The first kappa shape index (κ1) is 14.7. The zero-order chi connectivity index (χ0) is 12.6. The molecule has 0 fully saturated rings. The summed E-state index contributed by atoms with van der Waals surface area (Å²) in [4.78, 5) is 0. The van der Waals surface area contributed by atoms with Crippen molar-refractivity contribution in [1.82, 2.24) is 0 Å². The van der Waals surface area contributed by atoms with Gasteiger partial charge in [-0.25, -0.2) is 0 Å². The van der Waals surface area contributed by atoms with E-state index in [1.165, 1.54) is 12.5 Å². The second-order valence-electron chi connectivity index (χ2n) is 4.44. The van der Waals surface area contributed by atoms with Crippen molar-refractivity contribution in [3.8, 4) is 11.8 Å². The van der Waals surface area contributed by atoms with Crippen molar-refractivity contribution < 1.29 is 4.43 Å². The molecule has 0 aliphatic heterocycles. The minimum Gasteiger partial charge on any atom is -0.544 e. The van der Waals surface area contributed by atoms with Gasteiger partial charge in [0.15, 0.2) is 0 Å². The fraction of sp³-hybridized carbons (Fsp3) is 0.462. The lowest BCUT2D eigenvalue weighted by Crippen LogP contribution is -2.29. The Morgan fingerprint density at radius 3 is 1.94 bits per heavy atom. The van der Waals surface area contributed by atoms with Crippen LogP contribution in [0, 0.1) is 11.3 Å². The Kier molecular flexibility index (Phi) is 6.51. The van der Waals surface area contributed by atoms with Gasteiger partial charge in [-0.15, -0.1) is 0 Å². The van der Waals surface area contributed by atoms with Crippen LogP contribution in [0.2, 0.25) is 19.6 Å². The van der Waals surface area contributed by atoms with Gasteiger partial charge in [0.25, 0.3) is 0 Å². The molecule has 1 aromatic carbocycles. The van der Waals surface area contributed by atoms with Crippen LogP contribution in [-0.4, -0.2) is 8.32 Å². The maximum absolute atomic E-state index is 7.32. The Balaban J connectivity index is 0.000000673. The van der Waals surface area contributed by atoms with Gasteiger partial charge in [-0.05, 0) is 43.8 Å². The first-order valence-corrected chi connectivity index (χ1v) is 8.92. The fourth-order valence-electron chi connectivity index (χ4n) is 1.15. The van der Waals surface area contributed by atoms with E-state index in [4.69, 9.17) is 9.69 Å². The SMILES string of the molecule is CC#N.CCc1ccc(O[Si](C)(C)C)cc1. The third-order valence-electron chi connectivity index (χ3n) is 1.76. The molecule has 88 valence electrons. The van der Waals surface area contributed by atoms with Gasteiger partial charge in [0.1, 0.15) is 5.75 Å². The highest BCUT2D eigenvalue weighted by molar-refractivity contribution is 6.70. The van der Waals surface area contributed by atoms with Gasteiger partial charge in [-0.3, -0.25) is 0 Å². The van der Waals surface area contributed by atoms with Gasteiger partial charge in [0, 0.05) is 6.92 Å². The topological polar surface area (TPSA) is 33.0 Å². The number of hydrogen-bond acceptors (Lipinski definition) is 2. The summed E-state index contributed by atoms with van der Waals surface area (Å²) in [6.45, 7) is 10.2. The Morgan fingerprint density at radius 1 is 1.19 bits per heavy atom. The van der Waals surface area contributed by atoms with Crippen LogP contribution < -0.4 is 4.43 Å². The second kappa shape index (κ2) is 7.08. The zero-order valence-corrected chi connectivity index (χ0v) is 11.9. The van der Waals surface area contributed by atoms with Gasteiger partial charge >= 0.3 is 0 Å². The highest BCUT2D eigenvalue weighted by Crippen LogP contribution is 2.16. The summed E-state index contributed by atoms with van der Waals surface area (Å²) in [5, 5.41) is 7.32. The number of rotatable bonds is 3. The lowest BCUT2D eigenvalue weighted by atomic mass is 10.2. The predicted molar refractivity (Wildman–Crippen MR) is 71.1 cm³/mol. The average molecular weight is 235 g/mol. The smallest absolute Gasteiger partial charge is 0.242 e. The molecular weight excluding hydrogens is 214 g/mol. The van der Waals surface area contributed by atoms with Gasteiger partial charge in [0.05, 0.1) is 6.07 Å². The molecule has 0 radical (unpaired) electrons. The fourth-order valence-corrected chi connectivity index (χ4v) is 1.99. The van der Waals surface area contributed by atoms with Crippen LogP contribution in [0.25, 0.3) is 0 Å². The molecule has 3 heteroatoms. The van der Waals surface area contributed by atoms with Crippen LogP contribution in [0.3, 0.4) is 0 Å². The summed E-state index contributed by atoms with van der Waals surface area (Å²) in [6, 6.07) is 10.2. The van der Waals surface area contributed by atoms with E-state index in [-0.39, 0.29) is 0 Å². The Bertz CT molecular complexity index is 332. The van der Waals surface area contributed by atoms with Crippen molar-refractivity contribution in [2.45, 2.75) is 39.9 Å². The maximum atomic E-state index is 7.32. The molecule has 0 heterocycles. The third kappa shape index (κ3) is 7.08. The summed E-state index contributed by atoms with van der Waals surface area (Å²) in [5.74, 6) is 1.01. The zero-order valence-electron chi connectivity index (χ0n) is 10.9. The molecule has 1 aromatic rings. The highest BCUT2D eigenvalue weighted by atomic mass is 28.4. The molecule has 0 saturated heterocycles. The first-order valence-electron chi connectivity index (χ1n) is 5.51. The van der Waals surface area contributed by atoms with E-state index in [1.54, 1.807) is 6.07 Å². The molecule has 0 atom stereocenters. The number of nitrogens with zero attached hydrogens (tertiary/aromatic N) is 1. The maximum Gasteiger partial charge on any atom is 0.242 e. The number of nitriles is 1. The van der Waals surface area contributed by atoms with E-state index in [1.807, 2.05) is 0 Å². The van der Waals surface area contributed by atoms with Crippen LogP contribution in [0.1, 0.15) is 19.4 Å². The van der Waals surface area contributed by atoms with Crippen molar-refractivity contribution in [1.29, 1.82) is 5.26 Å². The average Bonchev–Trinajstić information content (AvgIpc) is 2.18. The van der Waals surface area contributed by atoms with E-state index < -0.39 is 8.32 Å². The molecule has 0 aromatic heterocycles. The molecule has 0 spiro atoms. The summed E-state index contributed by atoms with van der Waals surface area (Å²) in [6.07, 6.45) is 1.09. The lowest BCUT2D eigenvalue weighted by Gasteiger charge is -2.19. The normalized spacial score (nSPS) is 9.75. The molecule has 0 aliphatic rings. The summed E-state index contributed by atoms with van der Waals surface area (Å²) in [7, 11) is -1.43. The Morgan fingerprint density at radius 2 is 1.62 bits per heavy atom. The van der Waals surface area contributed by atoms with E-state index in [9.17, 15) is 0 Å². The van der Waals surface area contributed by atoms with Crippen molar-refractivity contribution in [2.75, 3.05) is 0 Å².